The Morgan fingerprint density at radius 2 is 1.92 bits per heavy atom. The number of fused-ring (bicyclic) bond motifs is 1. The van der Waals surface area contributed by atoms with E-state index in [0.29, 0.717) is 22.3 Å². The van der Waals surface area contributed by atoms with E-state index in [0.717, 1.165) is 0 Å². The highest BCUT2D eigenvalue weighted by atomic mass is 19.1. The number of nitrogens with zero attached hydrogens (tertiary/aromatic N) is 2. The molecule has 2 aromatic heterocycles. The first-order chi connectivity index (χ1) is 12.2. The van der Waals surface area contributed by atoms with E-state index in [1.165, 1.54) is 31.6 Å². The molecule has 0 N–H and O–H groups in total. The second-order valence-electron chi connectivity index (χ2n) is 5.26. The minimum absolute atomic E-state index is 0.00210. The van der Waals surface area contributed by atoms with Crippen LogP contribution in [0.1, 0.15) is 0 Å². The molecule has 0 aliphatic rings. The maximum atomic E-state index is 13.3. The number of hydrogen-bond donors (Lipinski definition) is 0. The van der Waals surface area contributed by atoms with Gasteiger partial charge in [0.1, 0.15) is 29.0 Å². The molecule has 2 aromatic carbocycles. The molecule has 0 amide bonds. The van der Waals surface area contributed by atoms with Crippen LogP contribution in [0.25, 0.3) is 33.9 Å². The summed E-state index contributed by atoms with van der Waals surface area (Å²) < 4.78 is 29.4. The third-order valence-electron chi connectivity index (χ3n) is 3.71. The lowest BCUT2D eigenvalue weighted by Crippen LogP contribution is -2.05. The lowest BCUT2D eigenvalue weighted by atomic mass is 10.1. The quantitative estimate of drug-likeness (QED) is 0.567. The summed E-state index contributed by atoms with van der Waals surface area (Å²) >= 11 is 0. The zero-order valence-corrected chi connectivity index (χ0v) is 13.0. The molecule has 0 aliphatic heterocycles. The zero-order valence-electron chi connectivity index (χ0n) is 13.0. The summed E-state index contributed by atoms with van der Waals surface area (Å²) in [5.74, 6) is 0.217. The number of halogens is 1. The first-order valence-electron chi connectivity index (χ1n) is 7.35. The predicted octanol–water partition coefficient (Wildman–Crippen LogP) is 3.66. The lowest BCUT2D eigenvalue weighted by molar-refractivity contribution is 0.415. The van der Waals surface area contributed by atoms with Crippen molar-refractivity contribution in [3.05, 3.63) is 64.8 Å². The molecule has 0 saturated heterocycles. The summed E-state index contributed by atoms with van der Waals surface area (Å²) in [5.41, 5.74) is 0.635. The molecule has 7 heteroatoms. The van der Waals surface area contributed by atoms with E-state index in [-0.39, 0.29) is 22.8 Å². The second-order valence-corrected chi connectivity index (χ2v) is 5.26. The average Bonchev–Trinajstić information content (AvgIpc) is 3.12. The van der Waals surface area contributed by atoms with Gasteiger partial charge >= 0.3 is 0 Å². The molecule has 0 unspecified atom stereocenters. The SMILES string of the molecule is COc1ccc2occ(-c3nnc(-c4cccc(F)c4)o3)c(=O)c2c1. The van der Waals surface area contributed by atoms with Crippen LogP contribution in [-0.4, -0.2) is 17.3 Å². The summed E-state index contributed by atoms with van der Waals surface area (Å²) in [4.78, 5) is 12.7. The molecular formula is C18H11FN2O4. The molecule has 0 radical (unpaired) electrons. The first-order valence-corrected chi connectivity index (χ1v) is 7.35. The minimum Gasteiger partial charge on any atom is -0.497 e. The van der Waals surface area contributed by atoms with Gasteiger partial charge in [-0.15, -0.1) is 10.2 Å². The van der Waals surface area contributed by atoms with E-state index in [1.54, 1.807) is 24.3 Å². The Morgan fingerprint density at radius 3 is 2.72 bits per heavy atom. The molecule has 124 valence electrons. The Kier molecular flexibility index (Phi) is 3.53. The Bertz CT molecular complexity index is 1130. The summed E-state index contributed by atoms with van der Waals surface area (Å²) in [6.45, 7) is 0. The molecule has 0 atom stereocenters. The van der Waals surface area contributed by atoms with Crippen molar-refractivity contribution in [2.24, 2.45) is 0 Å². The fraction of sp³-hybridized carbons (Fsp3) is 0.0556. The Balaban J connectivity index is 1.82. The van der Waals surface area contributed by atoms with Crippen LogP contribution in [0, 0.1) is 5.82 Å². The van der Waals surface area contributed by atoms with Gasteiger partial charge in [0.2, 0.25) is 11.3 Å². The minimum atomic E-state index is -0.422. The Labute approximate surface area is 140 Å². The second kappa shape index (κ2) is 5.86. The molecule has 0 spiro atoms. The molecule has 6 nitrogen and oxygen atoms in total. The standard InChI is InChI=1S/C18H11FN2O4/c1-23-12-5-6-15-13(8-12)16(22)14(9-24-15)18-21-20-17(25-18)10-3-2-4-11(19)7-10/h2-9H,1H3. The zero-order chi connectivity index (χ0) is 17.4. The van der Waals surface area contributed by atoms with E-state index >= 15 is 0 Å². The smallest absolute Gasteiger partial charge is 0.255 e. The normalized spacial score (nSPS) is 11.0. The molecule has 0 fully saturated rings. The van der Waals surface area contributed by atoms with E-state index in [4.69, 9.17) is 13.6 Å². The number of rotatable bonds is 3. The third-order valence-corrected chi connectivity index (χ3v) is 3.71. The Morgan fingerprint density at radius 1 is 1.08 bits per heavy atom. The molecule has 0 saturated carbocycles. The van der Waals surface area contributed by atoms with Gasteiger partial charge in [-0.25, -0.2) is 4.39 Å². The molecule has 2 heterocycles. The van der Waals surface area contributed by atoms with Gasteiger partial charge in [-0.2, -0.15) is 0 Å². The number of methoxy groups -OCH3 is 1. The van der Waals surface area contributed by atoms with Crippen molar-refractivity contribution in [3.63, 3.8) is 0 Å². The molecule has 0 aliphatic carbocycles. The highest BCUT2D eigenvalue weighted by Gasteiger charge is 2.17. The lowest BCUT2D eigenvalue weighted by Gasteiger charge is -2.02. The average molecular weight is 338 g/mol. The first kappa shape index (κ1) is 15.1. The summed E-state index contributed by atoms with van der Waals surface area (Å²) in [7, 11) is 1.51. The van der Waals surface area contributed by atoms with Crippen LogP contribution in [0.3, 0.4) is 0 Å². The fourth-order valence-corrected chi connectivity index (χ4v) is 2.46. The van der Waals surface area contributed by atoms with Gasteiger partial charge in [-0.05, 0) is 36.4 Å². The summed E-state index contributed by atoms with van der Waals surface area (Å²) in [5, 5.41) is 8.08. The maximum absolute atomic E-state index is 13.3. The van der Waals surface area contributed by atoms with E-state index in [1.807, 2.05) is 0 Å². The van der Waals surface area contributed by atoms with Gasteiger partial charge < -0.3 is 13.6 Å². The fourth-order valence-electron chi connectivity index (χ4n) is 2.46. The summed E-state index contributed by atoms with van der Waals surface area (Å²) in [6, 6.07) is 10.7. The predicted molar refractivity (Wildman–Crippen MR) is 87.7 cm³/mol. The van der Waals surface area contributed by atoms with Crippen LogP contribution in [0.2, 0.25) is 0 Å². The topological polar surface area (TPSA) is 78.4 Å². The van der Waals surface area contributed by atoms with E-state index < -0.39 is 5.82 Å². The van der Waals surface area contributed by atoms with Crippen molar-refractivity contribution in [2.45, 2.75) is 0 Å². The van der Waals surface area contributed by atoms with E-state index in [9.17, 15) is 9.18 Å². The van der Waals surface area contributed by atoms with Gasteiger partial charge in [-0.3, -0.25) is 4.79 Å². The molecule has 0 bridgehead atoms. The highest BCUT2D eigenvalue weighted by molar-refractivity contribution is 5.81. The number of benzene rings is 2. The van der Waals surface area contributed by atoms with Crippen LogP contribution in [0.15, 0.2) is 62.4 Å². The van der Waals surface area contributed by atoms with Crippen molar-refractivity contribution in [1.29, 1.82) is 0 Å². The molecule has 4 rings (SSSR count). The number of aromatic nitrogens is 2. The highest BCUT2D eigenvalue weighted by Crippen LogP contribution is 2.25. The largest absolute Gasteiger partial charge is 0.497 e. The van der Waals surface area contributed by atoms with Crippen molar-refractivity contribution >= 4 is 11.0 Å². The van der Waals surface area contributed by atoms with Crippen LogP contribution in [-0.2, 0) is 0 Å². The van der Waals surface area contributed by atoms with Gasteiger partial charge in [0.25, 0.3) is 5.89 Å². The van der Waals surface area contributed by atoms with Gasteiger partial charge in [0.15, 0.2) is 0 Å². The molecular weight excluding hydrogens is 327 g/mol. The van der Waals surface area contributed by atoms with Crippen molar-refractivity contribution in [2.75, 3.05) is 7.11 Å². The van der Waals surface area contributed by atoms with Gasteiger partial charge in [0, 0.05) is 5.56 Å². The monoisotopic (exact) mass is 338 g/mol. The number of ether oxygens (including phenoxy) is 1. The van der Waals surface area contributed by atoms with Crippen LogP contribution in [0.5, 0.6) is 5.75 Å². The van der Waals surface area contributed by atoms with Crippen LogP contribution >= 0.6 is 0 Å². The molecule has 4 aromatic rings. The van der Waals surface area contributed by atoms with Gasteiger partial charge in [-0.1, -0.05) is 6.07 Å². The van der Waals surface area contributed by atoms with Crippen molar-refractivity contribution < 1.29 is 18.0 Å². The van der Waals surface area contributed by atoms with Crippen molar-refractivity contribution in [3.8, 4) is 28.7 Å². The van der Waals surface area contributed by atoms with E-state index in [2.05, 4.69) is 10.2 Å². The third kappa shape index (κ3) is 2.65. The number of hydrogen-bond acceptors (Lipinski definition) is 6. The van der Waals surface area contributed by atoms with Crippen molar-refractivity contribution in [1.82, 2.24) is 10.2 Å². The van der Waals surface area contributed by atoms with Crippen LogP contribution < -0.4 is 10.2 Å². The maximum Gasteiger partial charge on any atom is 0.255 e. The molecule has 25 heavy (non-hydrogen) atoms. The Hall–Kier alpha value is -3.48. The van der Waals surface area contributed by atoms with Crippen LogP contribution in [0.4, 0.5) is 4.39 Å². The van der Waals surface area contributed by atoms with Gasteiger partial charge in [0.05, 0.1) is 12.5 Å². The summed E-state index contributed by atoms with van der Waals surface area (Å²) in [6.07, 6.45) is 1.26.